The molecule has 2 heteroatoms. The van der Waals surface area contributed by atoms with E-state index in [9.17, 15) is 0 Å². The van der Waals surface area contributed by atoms with E-state index in [4.69, 9.17) is 0 Å². The van der Waals surface area contributed by atoms with Gasteiger partial charge in [-0.2, -0.15) is 0 Å². The minimum Gasteiger partial charge on any atom is -0.312 e. The minimum absolute atomic E-state index is 0.738. The first-order valence-electron chi connectivity index (χ1n) is 6.87. The fourth-order valence-corrected chi connectivity index (χ4v) is 2.80. The van der Waals surface area contributed by atoms with Crippen LogP contribution < -0.4 is 5.32 Å². The second-order valence-corrected chi connectivity index (χ2v) is 6.72. The molecule has 0 saturated heterocycles. The van der Waals surface area contributed by atoms with Crippen LogP contribution in [0.15, 0.2) is 22.7 Å². The van der Waals surface area contributed by atoms with Crippen LogP contribution in [0.4, 0.5) is 0 Å². The zero-order valence-corrected chi connectivity index (χ0v) is 13.8. The van der Waals surface area contributed by atoms with Crippen LogP contribution in [0.5, 0.6) is 0 Å². The van der Waals surface area contributed by atoms with Gasteiger partial charge in [0.25, 0.3) is 0 Å². The maximum atomic E-state index is 3.59. The number of halogens is 1. The maximum Gasteiger partial charge on any atom is 0.0207 e. The third kappa shape index (κ3) is 4.74. The van der Waals surface area contributed by atoms with Crippen LogP contribution in [0, 0.1) is 24.7 Å². The van der Waals surface area contributed by atoms with Gasteiger partial charge < -0.3 is 5.32 Å². The summed E-state index contributed by atoms with van der Waals surface area (Å²) in [5.74, 6) is 2.23. The van der Waals surface area contributed by atoms with Crippen LogP contribution in [0.25, 0.3) is 0 Å². The highest BCUT2D eigenvalue weighted by Crippen LogP contribution is 2.20. The van der Waals surface area contributed by atoms with Crippen LogP contribution in [0.3, 0.4) is 0 Å². The maximum absolute atomic E-state index is 3.59. The van der Waals surface area contributed by atoms with Crippen molar-refractivity contribution in [3.63, 3.8) is 0 Å². The molecule has 0 saturated carbocycles. The lowest BCUT2D eigenvalue weighted by atomic mass is 9.85. The molecular weight excluding hydrogens is 286 g/mol. The summed E-state index contributed by atoms with van der Waals surface area (Å²) >= 11 is 3.59. The van der Waals surface area contributed by atoms with E-state index in [1.54, 1.807) is 0 Å². The molecule has 0 amide bonds. The molecule has 0 radical (unpaired) electrons. The average molecular weight is 312 g/mol. The number of nitrogens with one attached hydrogen (secondary N) is 1. The van der Waals surface area contributed by atoms with E-state index in [1.165, 1.54) is 15.6 Å². The Bertz CT molecular complexity index is 363. The number of aryl methyl sites for hydroxylation is 1. The highest BCUT2D eigenvalue weighted by Gasteiger charge is 2.16. The second kappa shape index (κ2) is 7.30. The van der Waals surface area contributed by atoms with Gasteiger partial charge in [0.2, 0.25) is 0 Å². The standard InChI is InChI=1S/C16H26BrN/c1-11(2)15(12(3)4)10-18-9-14-7-6-13(5)16(17)8-14/h6-8,11-12,15,18H,9-10H2,1-5H3. The number of rotatable bonds is 6. The molecular formula is C16H26BrN. The van der Waals surface area contributed by atoms with E-state index in [0.717, 1.165) is 30.8 Å². The first-order valence-corrected chi connectivity index (χ1v) is 7.66. The molecule has 1 rings (SSSR count). The Morgan fingerprint density at radius 1 is 1.11 bits per heavy atom. The van der Waals surface area contributed by atoms with Crippen molar-refractivity contribution in [2.24, 2.45) is 17.8 Å². The molecule has 1 aromatic rings. The highest BCUT2D eigenvalue weighted by atomic mass is 79.9. The van der Waals surface area contributed by atoms with Gasteiger partial charge in [-0.15, -0.1) is 0 Å². The fraction of sp³-hybridized carbons (Fsp3) is 0.625. The Morgan fingerprint density at radius 2 is 1.72 bits per heavy atom. The molecule has 0 aliphatic carbocycles. The van der Waals surface area contributed by atoms with Crippen LogP contribution in [0.2, 0.25) is 0 Å². The Kier molecular flexibility index (Phi) is 6.37. The smallest absolute Gasteiger partial charge is 0.0207 e. The molecule has 0 fully saturated rings. The van der Waals surface area contributed by atoms with Crippen molar-refractivity contribution in [2.45, 2.75) is 41.2 Å². The third-order valence-electron chi connectivity index (χ3n) is 3.66. The monoisotopic (exact) mass is 311 g/mol. The molecule has 0 aliphatic rings. The van der Waals surface area contributed by atoms with E-state index >= 15 is 0 Å². The van der Waals surface area contributed by atoms with Gasteiger partial charge in [-0.1, -0.05) is 55.8 Å². The first kappa shape index (κ1) is 15.7. The minimum atomic E-state index is 0.738. The Hall–Kier alpha value is -0.340. The molecule has 18 heavy (non-hydrogen) atoms. The van der Waals surface area contributed by atoms with Gasteiger partial charge in [0.05, 0.1) is 0 Å². The lowest BCUT2D eigenvalue weighted by Gasteiger charge is -2.25. The van der Waals surface area contributed by atoms with Gasteiger partial charge in [0, 0.05) is 11.0 Å². The van der Waals surface area contributed by atoms with Crippen molar-refractivity contribution >= 4 is 15.9 Å². The zero-order valence-electron chi connectivity index (χ0n) is 12.3. The lowest BCUT2D eigenvalue weighted by Crippen LogP contribution is -2.29. The van der Waals surface area contributed by atoms with Gasteiger partial charge in [-0.25, -0.2) is 0 Å². The van der Waals surface area contributed by atoms with E-state index in [0.29, 0.717) is 0 Å². The normalized spacial score (nSPS) is 11.8. The second-order valence-electron chi connectivity index (χ2n) is 5.87. The summed E-state index contributed by atoms with van der Waals surface area (Å²) in [5.41, 5.74) is 2.64. The third-order valence-corrected chi connectivity index (χ3v) is 4.51. The highest BCUT2D eigenvalue weighted by molar-refractivity contribution is 9.10. The lowest BCUT2D eigenvalue weighted by molar-refractivity contribution is 0.275. The summed E-state index contributed by atoms with van der Waals surface area (Å²) in [5, 5.41) is 3.59. The van der Waals surface area contributed by atoms with Crippen LogP contribution >= 0.6 is 15.9 Å². The zero-order chi connectivity index (χ0) is 13.7. The average Bonchev–Trinajstić information content (AvgIpc) is 2.28. The van der Waals surface area contributed by atoms with Gasteiger partial charge >= 0.3 is 0 Å². The van der Waals surface area contributed by atoms with Crippen molar-refractivity contribution in [2.75, 3.05) is 6.54 Å². The SMILES string of the molecule is Cc1ccc(CNCC(C(C)C)C(C)C)cc1Br. The quantitative estimate of drug-likeness (QED) is 0.797. The van der Waals surface area contributed by atoms with E-state index in [2.05, 4.69) is 74.1 Å². The van der Waals surface area contributed by atoms with Crippen molar-refractivity contribution in [3.8, 4) is 0 Å². The molecule has 1 N–H and O–H groups in total. The Balaban J connectivity index is 2.47. The molecule has 102 valence electrons. The largest absolute Gasteiger partial charge is 0.312 e. The van der Waals surface area contributed by atoms with Crippen molar-refractivity contribution in [3.05, 3.63) is 33.8 Å². The van der Waals surface area contributed by atoms with Crippen LogP contribution in [-0.4, -0.2) is 6.54 Å². The van der Waals surface area contributed by atoms with Gasteiger partial charge in [-0.3, -0.25) is 0 Å². The predicted molar refractivity (Wildman–Crippen MR) is 83.8 cm³/mol. The molecule has 0 atom stereocenters. The topological polar surface area (TPSA) is 12.0 Å². The van der Waals surface area contributed by atoms with Gasteiger partial charge in [0.15, 0.2) is 0 Å². The molecule has 1 aromatic carbocycles. The van der Waals surface area contributed by atoms with Gasteiger partial charge in [-0.05, 0) is 48.4 Å². The predicted octanol–water partition coefficient (Wildman–Crippen LogP) is 4.78. The number of benzene rings is 1. The first-order chi connectivity index (χ1) is 8.41. The number of hydrogen-bond acceptors (Lipinski definition) is 1. The van der Waals surface area contributed by atoms with Crippen molar-refractivity contribution in [1.29, 1.82) is 0 Å². The summed E-state index contributed by atoms with van der Waals surface area (Å²) in [6.07, 6.45) is 0. The van der Waals surface area contributed by atoms with E-state index in [1.807, 2.05) is 0 Å². The molecule has 0 unspecified atom stereocenters. The molecule has 0 spiro atoms. The van der Waals surface area contributed by atoms with E-state index < -0.39 is 0 Å². The fourth-order valence-electron chi connectivity index (χ4n) is 2.37. The number of hydrogen-bond donors (Lipinski definition) is 1. The molecule has 0 heterocycles. The summed E-state index contributed by atoms with van der Waals surface area (Å²) in [4.78, 5) is 0. The van der Waals surface area contributed by atoms with Crippen LogP contribution in [0.1, 0.15) is 38.8 Å². The summed E-state index contributed by atoms with van der Waals surface area (Å²) < 4.78 is 1.20. The Labute approximate surface area is 120 Å². The molecule has 0 aromatic heterocycles. The summed E-state index contributed by atoms with van der Waals surface area (Å²) in [6, 6.07) is 6.58. The van der Waals surface area contributed by atoms with E-state index in [-0.39, 0.29) is 0 Å². The van der Waals surface area contributed by atoms with Crippen molar-refractivity contribution < 1.29 is 0 Å². The molecule has 0 bridgehead atoms. The van der Waals surface area contributed by atoms with Gasteiger partial charge in [0.1, 0.15) is 0 Å². The van der Waals surface area contributed by atoms with Crippen molar-refractivity contribution in [1.82, 2.24) is 5.32 Å². The Morgan fingerprint density at radius 3 is 2.22 bits per heavy atom. The van der Waals surface area contributed by atoms with Crippen LogP contribution in [-0.2, 0) is 6.54 Å². The summed E-state index contributed by atoms with van der Waals surface area (Å²) in [7, 11) is 0. The molecule has 0 aliphatic heterocycles. The summed E-state index contributed by atoms with van der Waals surface area (Å²) in [6.45, 7) is 13.4. The molecule has 1 nitrogen and oxygen atoms in total.